The third-order valence-corrected chi connectivity index (χ3v) is 5.13. The zero-order chi connectivity index (χ0) is 24.5. The smallest absolute Gasteiger partial charge is 0.328 e. The number of pyridine rings is 1. The monoisotopic (exact) mass is 466 g/mol. The van der Waals surface area contributed by atoms with Gasteiger partial charge in [-0.05, 0) is 38.5 Å². The molecule has 1 aromatic heterocycles. The molecule has 0 spiro atoms. The lowest BCUT2D eigenvalue weighted by molar-refractivity contribution is -0.163. The Morgan fingerprint density at radius 1 is 1.18 bits per heavy atom. The Balaban J connectivity index is 2.02. The summed E-state index contributed by atoms with van der Waals surface area (Å²) in [4.78, 5) is 40.6. The lowest BCUT2D eigenvalue weighted by Crippen LogP contribution is -2.44. The molecule has 1 amide bonds. The van der Waals surface area contributed by atoms with Gasteiger partial charge >= 0.3 is 11.9 Å². The Bertz CT molecular complexity index is 825. The van der Waals surface area contributed by atoms with Crippen LogP contribution in [0.5, 0.6) is 11.5 Å². The molecule has 10 heteroatoms. The summed E-state index contributed by atoms with van der Waals surface area (Å²) in [5.74, 6) is -0.963. The van der Waals surface area contributed by atoms with Crippen molar-refractivity contribution in [2.24, 2.45) is 11.8 Å². The van der Waals surface area contributed by atoms with E-state index in [0.717, 1.165) is 0 Å². The minimum absolute atomic E-state index is 0.0125. The number of carbonyl (C=O) groups is 3. The van der Waals surface area contributed by atoms with E-state index in [9.17, 15) is 14.4 Å². The van der Waals surface area contributed by atoms with Gasteiger partial charge in [0.2, 0.25) is 6.79 Å². The van der Waals surface area contributed by atoms with Gasteiger partial charge in [-0.2, -0.15) is 0 Å². The molecule has 33 heavy (non-hydrogen) atoms. The Hall–Kier alpha value is -2.88. The van der Waals surface area contributed by atoms with Crippen LogP contribution in [0.1, 0.15) is 57.9 Å². The summed E-state index contributed by atoms with van der Waals surface area (Å²) in [5, 5.41) is 2.57. The molecule has 184 valence electrons. The van der Waals surface area contributed by atoms with Crippen molar-refractivity contribution in [2.75, 3.05) is 20.5 Å². The van der Waals surface area contributed by atoms with Gasteiger partial charge in [0.05, 0.1) is 13.2 Å². The van der Waals surface area contributed by atoms with Gasteiger partial charge in [-0.1, -0.05) is 13.8 Å². The van der Waals surface area contributed by atoms with Gasteiger partial charge in [0.1, 0.15) is 12.1 Å². The Kier molecular flexibility index (Phi) is 9.90. The van der Waals surface area contributed by atoms with Crippen LogP contribution in [-0.2, 0) is 23.8 Å². The number of rotatable bonds is 13. The van der Waals surface area contributed by atoms with Crippen molar-refractivity contribution in [1.82, 2.24) is 10.3 Å². The third-order valence-electron chi connectivity index (χ3n) is 5.13. The average Bonchev–Trinajstić information content (AvgIpc) is 3.59. The molecular formula is C23H34N2O8. The Morgan fingerprint density at radius 2 is 1.88 bits per heavy atom. The second-order valence-corrected chi connectivity index (χ2v) is 8.41. The third kappa shape index (κ3) is 8.20. The molecule has 0 saturated heterocycles. The number of ether oxygens (including phenoxy) is 5. The highest BCUT2D eigenvalue weighted by Gasteiger charge is 2.31. The number of hydrogen-bond acceptors (Lipinski definition) is 9. The predicted octanol–water partition coefficient (Wildman–Crippen LogP) is 2.49. The number of amides is 1. The predicted molar refractivity (Wildman–Crippen MR) is 118 cm³/mol. The van der Waals surface area contributed by atoms with E-state index in [1.54, 1.807) is 0 Å². The van der Waals surface area contributed by atoms with E-state index < -0.39 is 36.8 Å². The second-order valence-electron chi connectivity index (χ2n) is 8.41. The number of carbonyl (C=O) groups excluding carboxylic acids is 3. The Labute approximate surface area is 194 Å². The van der Waals surface area contributed by atoms with E-state index in [1.165, 1.54) is 46.1 Å². The minimum Gasteiger partial charge on any atom is -0.493 e. The van der Waals surface area contributed by atoms with Gasteiger partial charge in [-0.25, -0.2) is 9.78 Å². The normalized spacial score (nSPS) is 15.8. The van der Waals surface area contributed by atoms with E-state index in [1.807, 2.05) is 20.8 Å². The number of hydrogen-bond donors (Lipinski definition) is 1. The summed E-state index contributed by atoms with van der Waals surface area (Å²) in [7, 11) is 1.40. The van der Waals surface area contributed by atoms with Crippen molar-refractivity contribution in [3.8, 4) is 11.5 Å². The fraction of sp³-hybridized carbons (Fsp3) is 0.652. The lowest BCUT2D eigenvalue weighted by Gasteiger charge is -2.28. The fourth-order valence-electron chi connectivity index (χ4n) is 3.07. The summed E-state index contributed by atoms with van der Waals surface area (Å²) < 4.78 is 26.9. The van der Waals surface area contributed by atoms with Crippen LogP contribution in [-0.4, -0.2) is 61.6 Å². The standard InChI is InChI=1S/C23H34N2O8/c1-13(2)20(15(4)30-11-17-7-8-17)33-23(28)14(3)25-22(27)19-21(32-12-31-16(5)26)18(29-6)9-10-24-19/h9-10,13-15,17,20H,7-8,11-12H2,1-6H3,(H,25,27)/t14-,15-,20?/m0/s1. The molecule has 0 aromatic carbocycles. The van der Waals surface area contributed by atoms with Crippen LogP contribution < -0.4 is 14.8 Å². The van der Waals surface area contributed by atoms with E-state index in [-0.39, 0.29) is 29.2 Å². The molecule has 1 unspecified atom stereocenters. The van der Waals surface area contributed by atoms with Gasteiger partial charge in [0, 0.05) is 25.8 Å². The first kappa shape index (κ1) is 26.4. The van der Waals surface area contributed by atoms with Crippen molar-refractivity contribution >= 4 is 17.8 Å². The highest BCUT2D eigenvalue weighted by molar-refractivity contribution is 5.98. The van der Waals surface area contributed by atoms with Crippen molar-refractivity contribution in [1.29, 1.82) is 0 Å². The molecule has 10 nitrogen and oxygen atoms in total. The van der Waals surface area contributed by atoms with Crippen molar-refractivity contribution < 1.29 is 38.1 Å². The molecule has 1 aromatic rings. The maximum atomic E-state index is 12.8. The maximum absolute atomic E-state index is 12.8. The molecule has 0 aliphatic heterocycles. The molecule has 1 fully saturated rings. The molecule has 2 rings (SSSR count). The van der Waals surface area contributed by atoms with Crippen LogP contribution in [0.2, 0.25) is 0 Å². The quantitative estimate of drug-likeness (QED) is 0.345. The molecule has 1 saturated carbocycles. The zero-order valence-corrected chi connectivity index (χ0v) is 20.1. The van der Waals surface area contributed by atoms with Gasteiger partial charge in [0.25, 0.3) is 5.91 Å². The fourth-order valence-corrected chi connectivity index (χ4v) is 3.07. The molecule has 0 bridgehead atoms. The SMILES string of the molecule is COc1ccnc(C(=O)N[C@@H](C)C(=O)OC(C(C)C)[C@H](C)OCC2CC2)c1OCOC(C)=O. The summed E-state index contributed by atoms with van der Waals surface area (Å²) in [5.41, 5.74) is -0.123. The van der Waals surface area contributed by atoms with E-state index in [0.29, 0.717) is 12.5 Å². The van der Waals surface area contributed by atoms with Crippen molar-refractivity contribution in [3.05, 3.63) is 18.0 Å². The van der Waals surface area contributed by atoms with Crippen LogP contribution in [0.25, 0.3) is 0 Å². The molecule has 1 aliphatic carbocycles. The first-order valence-corrected chi connectivity index (χ1v) is 11.1. The topological polar surface area (TPSA) is 122 Å². The molecule has 1 heterocycles. The number of nitrogens with one attached hydrogen (secondary N) is 1. The van der Waals surface area contributed by atoms with Crippen LogP contribution in [0.4, 0.5) is 0 Å². The van der Waals surface area contributed by atoms with Gasteiger partial charge in [-0.15, -0.1) is 0 Å². The van der Waals surface area contributed by atoms with Gasteiger partial charge in [0.15, 0.2) is 17.2 Å². The first-order valence-electron chi connectivity index (χ1n) is 11.1. The van der Waals surface area contributed by atoms with E-state index in [4.69, 9.17) is 23.7 Å². The Morgan fingerprint density at radius 3 is 2.45 bits per heavy atom. The summed E-state index contributed by atoms with van der Waals surface area (Å²) in [6.07, 6.45) is 3.00. The molecular weight excluding hydrogens is 432 g/mol. The van der Waals surface area contributed by atoms with Gasteiger partial charge < -0.3 is 29.0 Å². The van der Waals surface area contributed by atoms with Crippen molar-refractivity contribution in [2.45, 2.75) is 65.7 Å². The molecule has 1 N–H and O–H groups in total. The molecule has 3 atom stereocenters. The van der Waals surface area contributed by atoms with Crippen molar-refractivity contribution in [3.63, 3.8) is 0 Å². The first-order chi connectivity index (χ1) is 15.6. The zero-order valence-electron chi connectivity index (χ0n) is 20.1. The maximum Gasteiger partial charge on any atom is 0.328 e. The number of esters is 2. The van der Waals surface area contributed by atoms with Crippen LogP contribution in [0, 0.1) is 11.8 Å². The highest BCUT2D eigenvalue weighted by Crippen LogP contribution is 2.30. The summed E-state index contributed by atoms with van der Waals surface area (Å²) >= 11 is 0. The average molecular weight is 467 g/mol. The molecule has 0 radical (unpaired) electrons. The largest absolute Gasteiger partial charge is 0.493 e. The van der Waals surface area contributed by atoms with Crippen LogP contribution >= 0.6 is 0 Å². The van der Waals surface area contributed by atoms with E-state index in [2.05, 4.69) is 10.3 Å². The lowest BCUT2D eigenvalue weighted by atomic mass is 10.0. The minimum atomic E-state index is -0.955. The van der Waals surface area contributed by atoms with Crippen LogP contribution in [0.3, 0.4) is 0 Å². The highest BCUT2D eigenvalue weighted by atomic mass is 16.7. The molecule has 1 aliphatic rings. The number of nitrogens with zero attached hydrogens (tertiary/aromatic N) is 1. The van der Waals surface area contributed by atoms with Gasteiger partial charge in [-0.3, -0.25) is 9.59 Å². The van der Waals surface area contributed by atoms with Crippen LogP contribution in [0.15, 0.2) is 12.3 Å². The summed E-state index contributed by atoms with van der Waals surface area (Å²) in [6, 6.07) is 0.539. The number of aromatic nitrogens is 1. The second kappa shape index (κ2) is 12.4. The van der Waals surface area contributed by atoms with E-state index >= 15 is 0 Å². The summed E-state index contributed by atoms with van der Waals surface area (Å²) in [6.45, 7) is 8.77. The number of methoxy groups -OCH3 is 1.